The van der Waals surface area contributed by atoms with Gasteiger partial charge in [-0.3, -0.25) is 4.40 Å². The van der Waals surface area contributed by atoms with E-state index >= 15 is 0 Å². The molecular weight excluding hydrogens is 374 g/mol. The lowest BCUT2D eigenvalue weighted by Crippen LogP contribution is -2.44. The van der Waals surface area contributed by atoms with Gasteiger partial charge in [-0.05, 0) is 24.1 Å². The summed E-state index contributed by atoms with van der Waals surface area (Å²) in [5.41, 5.74) is 4.10. The summed E-state index contributed by atoms with van der Waals surface area (Å²) in [7, 11) is 0. The average Bonchev–Trinajstić information content (AvgIpc) is 3.55. The van der Waals surface area contributed by atoms with Crippen molar-refractivity contribution in [3.8, 4) is 11.3 Å². The van der Waals surface area contributed by atoms with Crippen molar-refractivity contribution in [2.75, 3.05) is 23.3 Å². The molecule has 2 atom stereocenters. The lowest BCUT2D eigenvalue weighted by Gasteiger charge is -2.29. The monoisotopic (exact) mass is 397 g/mol. The fourth-order valence-corrected chi connectivity index (χ4v) is 4.54. The third-order valence-corrected chi connectivity index (χ3v) is 6.06. The summed E-state index contributed by atoms with van der Waals surface area (Å²) in [5.74, 6) is 1.82. The molecule has 2 bridgehead atoms. The number of hydrogen-bond acceptors (Lipinski definition) is 6. The number of aromatic nitrogens is 4. The minimum absolute atomic E-state index is 0.504. The zero-order valence-electron chi connectivity index (χ0n) is 16.6. The van der Waals surface area contributed by atoms with Gasteiger partial charge in [-0.1, -0.05) is 30.3 Å². The van der Waals surface area contributed by atoms with E-state index in [9.17, 15) is 0 Å². The van der Waals surface area contributed by atoms with E-state index in [1.165, 1.54) is 12.0 Å². The number of rotatable bonds is 5. The van der Waals surface area contributed by atoms with Gasteiger partial charge in [0, 0.05) is 61.9 Å². The molecule has 3 aromatic heterocycles. The Bertz CT molecular complexity index is 1190. The highest BCUT2D eigenvalue weighted by Gasteiger charge is 2.39. The van der Waals surface area contributed by atoms with Gasteiger partial charge in [-0.25, -0.2) is 15.0 Å². The summed E-state index contributed by atoms with van der Waals surface area (Å²) in [5, 5.41) is 6.98. The van der Waals surface area contributed by atoms with E-state index in [2.05, 4.69) is 48.1 Å². The van der Waals surface area contributed by atoms with Crippen LogP contribution in [0.25, 0.3) is 16.9 Å². The minimum atomic E-state index is 0.504. The molecule has 1 aromatic carbocycles. The van der Waals surface area contributed by atoms with E-state index in [0.29, 0.717) is 12.1 Å². The van der Waals surface area contributed by atoms with E-state index in [-0.39, 0.29) is 0 Å². The van der Waals surface area contributed by atoms with E-state index in [0.717, 1.165) is 48.3 Å². The van der Waals surface area contributed by atoms with E-state index < -0.39 is 0 Å². The Balaban J connectivity index is 1.33. The van der Waals surface area contributed by atoms with E-state index in [1.54, 1.807) is 0 Å². The predicted octanol–water partition coefficient (Wildman–Crippen LogP) is 2.95. The van der Waals surface area contributed by atoms with E-state index in [4.69, 9.17) is 4.98 Å². The van der Waals surface area contributed by atoms with Crippen LogP contribution in [0.2, 0.25) is 0 Å². The molecule has 2 aliphatic rings. The van der Waals surface area contributed by atoms with Crippen LogP contribution in [-0.4, -0.2) is 44.5 Å². The number of benzene rings is 1. The molecule has 6 rings (SSSR count). The normalized spacial score (nSPS) is 20.2. The molecule has 2 unspecified atom stereocenters. The molecule has 150 valence electrons. The predicted molar refractivity (Wildman–Crippen MR) is 118 cm³/mol. The fourth-order valence-electron chi connectivity index (χ4n) is 4.54. The molecule has 0 aliphatic carbocycles. The Morgan fingerprint density at radius 3 is 2.83 bits per heavy atom. The number of anilines is 2. The zero-order valence-corrected chi connectivity index (χ0v) is 16.6. The quantitative estimate of drug-likeness (QED) is 0.540. The van der Waals surface area contributed by atoms with Crippen molar-refractivity contribution < 1.29 is 0 Å². The lowest BCUT2D eigenvalue weighted by atomic mass is 10.2. The standard InChI is InChI=1S/C23H23N7/c1-2-4-16(5-3-1)13-27-21-10-17(6-7-24-21)20-12-22-25-8-9-29(22)23(28-20)30-15-18-11-19(30)14-26-18/h1-10,12,18-19,26H,11,13-15H2,(H,24,27). The number of imidazole rings is 1. The summed E-state index contributed by atoms with van der Waals surface area (Å²) in [6, 6.07) is 17.5. The second kappa shape index (κ2) is 7.11. The van der Waals surface area contributed by atoms with Crippen LogP contribution in [0.5, 0.6) is 0 Å². The topological polar surface area (TPSA) is 70.4 Å². The summed E-state index contributed by atoms with van der Waals surface area (Å²) in [4.78, 5) is 16.5. The van der Waals surface area contributed by atoms with Crippen molar-refractivity contribution in [3.05, 3.63) is 72.7 Å². The van der Waals surface area contributed by atoms with Gasteiger partial charge in [0.05, 0.1) is 5.69 Å². The third-order valence-electron chi connectivity index (χ3n) is 6.06. The summed E-state index contributed by atoms with van der Waals surface area (Å²) in [6.07, 6.45) is 6.86. The van der Waals surface area contributed by atoms with Crippen LogP contribution in [0.15, 0.2) is 67.1 Å². The van der Waals surface area contributed by atoms with Gasteiger partial charge in [0.15, 0.2) is 0 Å². The number of pyridine rings is 1. The van der Waals surface area contributed by atoms with Crippen molar-refractivity contribution in [2.45, 2.75) is 25.0 Å². The van der Waals surface area contributed by atoms with Crippen LogP contribution in [0, 0.1) is 0 Å². The minimum Gasteiger partial charge on any atom is -0.366 e. The largest absolute Gasteiger partial charge is 0.366 e. The molecule has 7 heteroatoms. The lowest BCUT2D eigenvalue weighted by molar-refractivity contribution is 0.570. The van der Waals surface area contributed by atoms with Crippen LogP contribution >= 0.6 is 0 Å². The average molecular weight is 397 g/mol. The second-order valence-electron chi connectivity index (χ2n) is 8.01. The van der Waals surface area contributed by atoms with Crippen LogP contribution in [0.3, 0.4) is 0 Å². The maximum atomic E-state index is 5.07. The number of nitrogens with zero attached hydrogens (tertiary/aromatic N) is 5. The first-order valence-corrected chi connectivity index (χ1v) is 10.4. The first-order chi connectivity index (χ1) is 14.8. The maximum Gasteiger partial charge on any atom is 0.212 e. The Morgan fingerprint density at radius 2 is 2.00 bits per heavy atom. The third kappa shape index (κ3) is 3.07. The van der Waals surface area contributed by atoms with Gasteiger partial charge >= 0.3 is 0 Å². The molecule has 2 N–H and O–H groups in total. The van der Waals surface area contributed by atoms with Gasteiger partial charge in [0.25, 0.3) is 0 Å². The molecule has 4 aromatic rings. The van der Waals surface area contributed by atoms with Crippen molar-refractivity contribution in [1.82, 2.24) is 24.7 Å². The van der Waals surface area contributed by atoms with Crippen LogP contribution in [-0.2, 0) is 6.54 Å². The Kier molecular flexibility index (Phi) is 4.12. The van der Waals surface area contributed by atoms with Crippen molar-refractivity contribution >= 4 is 17.4 Å². The Hall–Kier alpha value is -3.45. The number of piperazine rings is 1. The van der Waals surface area contributed by atoms with Crippen molar-refractivity contribution in [3.63, 3.8) is 0 Å². The van der Waals surface area contributed by atoms with Crippen molar-refractivity contribution in [1.29, 1.82) is 0 Å². The highest BCUT2D eigenvalue weighted by atomic mass is 15.4. The van der Waals surface area contributed by atoms with E-state index in [1.807, 2.05) is 48.9 Å². The van der Waals surface area contributed by atoms with Crippen LogP contribution < -0.4 is 15.5 Å². The number of hydrogen-bond donors (Lipinski definition) is 2. The molecule has 7 nitrogen and oxygen atoms in total. The van der Waals surface area contributed by atoms with Crippen molar-refractivity contribution in [2.24, 2.45) is 0 Å². The van der Waals surface area contributed by atoms with Crippen LogP contribution in [0.4, 0.5) is 11.8 Å². The highest BCUT2D eigenvalue weighted by Crippen LogP contribution is 2.31. The Labute approximate surface area is 174 Å². The fraction of sp³-hybridized carbons (Fsp3) is 0.261. The smallest absolute Gasteiger partial charge is 0.212 e. The molecule has 0 amide bonds. The molecule has 5 heterocycles. The summed E-state index contributed by atoms with van der Waals surface area (Å²) >= 11 is 0. The number of nitrogens with one attached hydrogen (secondary N) is 2. The first kappa shape index (κ1) is 17.4. The molecule has 2 fully saturated rings. The van der Waals surface area contributed by atoms with Crippen LogP contribution in [0.1, 0.15) is 12.0 Å². The maximum absolute atomic E-state index is 5.07. The first-order valence-electron chi connectivity index (χ1n) is 10.4. The molecule has 0 saturated carbocycles. The van der Waals surface area contributed by atoms with Gasteiger partial charge in [-0.15, -0.1) is 0 Å². The summed E-state index contributed by atoms with van der Waals surface area (Å²) in [6.45, 7) is 2.75. The molecular formula is C23H23N7. The Morgan fingerprint density at radius 1 is 1.07 bits per heavy atom. The second-order valence-corrected chi connectivity index (χ2v) is 8.01. The highest BCUT2D eigenvalue weighted by molar-refractivity contribution is 5.68. The number of fused-ring (bicyclic) bond motifs is 3. The van der Waals surface area contributed by atoms with Gasteiger partial charge < -0.3 is 15.5 Å². The molecule has 0 radical (unpaired) electrons. The molecule has 2 saturated heterocycles. The van der Waals surface area contributed by atoms with Gasteiger partial charge in [0.1, 0.15) is 11.5 Å². The molecule has 0 spiro atoms. The zero-order chi connectivity index (χ0) is 19.9. The van der Waals surface area contributed by atoms with Gasteiger partial charge in [0.2, 0.25) is 5.95 Å². The van der Waals surface area contributed by atoms with Gasteiger partial charge in [-0.2, -0.15) is 0 Å². The molecule has 2 aliphatic heterocycles. The summed E-state index contributed by atoms with van der Waals surface area (Å²) < 4.78 is 2.10. The SMILES string of the molecule is c1ccc(CNc2cc(-c3cc4nccn4c(N4CC5CC4CN5)n3)ccn2)cc1. The molecule has 30 heavy (non-hydrogen) atoms.